The molecular weight excluding hydrogens is 394 g/mol. The molecule has 0 bridgehead atoms. The van der Waals surface area contributed by atoms with Gasteiger partial charge < -0.3 is 4.57 Å². The predicted molar refractivity (Wildman–Crippen MR) is 133 cm³/mol. The Morgan fingerprint density at radius 1 is 0.806 bits per heavy atom. The molecule has 0 amide bonds. The second kappa shape index (κ2) is 5.89. The molecule has 31 heavy (non-hydrogen) atoms. The van der Waals surface area contributed by atoms with Gasteiger partial charge in [0.25, 0.3) is 0 Å². The summed E-state index contributed by atoms with van der Waals surface area (Å²) in [6.07, 6.45) is 10.2. The lowest BCUT2D eigenvalue weighted by Crippen LogP contribution is -2.14. The van der Waals surface area contributed by atoms with E-state index < -0.39 is 0 Å². The van der Waals surface area contributed by atoms with Crippen LogP contribution in [0.15, 0.2) is 60.2 Å². The third-order valence-electron chi connectivity index (χ3n) is 8.08. The van der Waals surface area contributed by atoms with Gasteiger partial charge in [0.1, 0.15) is 0 Å². The highest BCUT2D eigenvalue weighted by Crippen LogP contribution is 2.48. The Kier molecular flexibility index (Phi) is 3.19. The lowest BCUT2D eigenvalue weighted by molar-refractivity contribution is 0.422. The van der Waals surface area contributed by atoms with Crippen LogP contribution in [0.1, 0.15) is 41.6 Å². The van der Waals surface area contributed by atoms with Crippen molar-refractivity contribution in [1.82, 2.24) is 4.57 Å². The number of rotatable bonds is 1. The van der Waals surface area contributed by atoms with E-state index in [4.69, 9.17) is 0 Å². The molecule has 2 aromatic heterocycles. The summed E-state index contributed by atoms with van der Waals surface area (Å²) in [7, 11) is 0. The monoisotopic (exact) mass is 417 g/mol. The van der Waals surface area contributed by atoms with E-state index in [0.29, 0.717) is 0 Å². The predicted octanol–water partition coefficient (Wildman–Crippen LogP) is 7.84. The molecule has 0 N–H and O–H groups in total. The van der Waals surface area contributed by atoms with Crippen LogP contribution >= 0.6 is 11.3 Å². The van der Waals surface area contributed by atoms with E-state index in [2.05, 4.69) is 65.2 Å². The van der Waals surface area contributed by atoms with Crippen molar-refractivity contribution in [3.05, 3.63) is 82.6 Å². The van der Waals surface area contributed by atoms with Crippen molar-refractivity contribution in [2.24, 2.45) is 5.92 Å². The van der Waals surface area contributed by atoms with Crippen LogP contribution in [0.4, 0.5) is 0 Å². The molecule has 5 aromatic rings. The molecule has 1 unspecified atom stereocenters. The highest BCUT2D eigenvalue weighted by Gasteiger charge is 2.30. The first-order valence-electron chi connectivity index (χ1n) is 11.7. The fraction of sp³-hybridized carbons (Fsp3) is 0.241. The normalized spacial score (nSPS) is 19.4. The Bertz CT molecular complexity index is 1580. The molecule has 0 saturated heterocycles. The van der Waals surface area contributed by atoms with E-state index in [1.807, 2.05) is 11.3 Å². The molecule has 3 aliphatic carbocycles. The fourth-order valence-corrected chi connectivity index (χ4v) is 7.50. The number of aromatic nitrogens is 1. The van der Waals surface area contributed by atoms with Crippen LogP contribution in [-0.2, 0) is 19.3 Å². The summed E-state index contributed by atoms with van der Waals surface area (Å²) in [5, 5.41) is 4.43. The molecule has 1 atom stereocenters. The van der Waals surface area contributed by atoms with Crippen LogP contribution in [0, 0.1) is 5.92 Å². The Morgan fingerprint density at radius 2 is 1.65 bits per heavy atom. The van der Waals surface area contributed by atoms with Crippen molar-refractivity contribution in [3.63, 3.8) is 0 Å². The number of hydrogen-bond acceptors (Lipinski definition) is 1. The van der Waals surface area contributed by atoms with Crippen LogP contribution in [0.2, 0.25) is 0 Å². The van der Waals surface area contributed by atoms with E-state index in [9.17, 15) is 0 Å². The molecule has 0 spiro atoms. The zero-order valence-electron chi connectivity index (χ0n) is 17.4. The van der Waals surface area contributed by atoms with Gasteiger partial charge in [-0.3, -0.25) is 0 Å². The minimum atomic E-state index is 0.813. The average molecular weight is 418 g/mol. The largest absolute Gasteiger partial charge is 0.310 e. The van der Waals surface area contributed by atoms with Crippen LogP contribution in [0.5, 0.6) is 0 Å². The summed E-state index contributed by atoms with van der Waals surface area (Å²) in [6, 6.07) is 20.7. The lowest BCUT2D eigenvalue weighted by Gasteiger charge is -2.28. The Balaban J connectivity index is 1.53. The first-order chi connectivity index (χ1) is 15.3. The number of fused-ring (bicyclic) bond motifs is 9. The fourth-order valence-electron chi connectivity index (χ4n) is 6.18. The van der Waals surface area contributed by atoms with Crippen molar-refractivity contribution in [2.75, 3.05) is 0 Å². The van der Waals surface area contributed by atoms with Crippen molar-refractivity contribution < 1.29 is 0 Å². The molecule has 0 radical (unpaired) electrons. The maximum Gasteiger partial charge on any atom is 0.0552 e. The molecule has 0 aliphatic heterocycles. The maximum atomic E-state index is 2.55. The van der Waals surface area contributed by atoms with E-state index in [0.717, 1.165) is 5.92 Å². The van der Waals surface area contributed by atoms with Crippen molar-refractivity contribution in [2.45, 2.75) is 38.5 Å². The van der Waals surface area contributed by atoms with Gasteiger partial charge in [-0.05, 0) is 97.5 Å². The molecule has 2 heteroatoms. The van der Waals surface area contributed by atoms with Gasteiger partial charge in [-0.15, -0.1) is 11.3 Å². The minimum Gasteiger partial charge on any atom is -0.310 e. The lowest BCUT2D eigenvalue weighted by atomic mass is 9.77. The minimum absolute atomic E-state index is 0.813. The molecule has 2 heterocycles. The molecule has 1 fully saturated rings. The van der Waals surface area contributed by atoms with Gasteiger partial charge in [-0.25, -0.2) is 0 Å². The van der Waals surface area contributed by atoms with E-state index in [1.54, 1.807) is 22.3 Å². The molecule has 1 saturated carbocycles. The molecule has 3 aromatic carbocycles. The van der Waals surface area contributed by atoms with E-state index >= 15 is 0 Å². The SMILES string of the molecule is C1=C2CCC2CCc2c1n(-c1ccccc1)c1ccc3c4cc5c(cc4sc3c21)CC5. The van der Waals surface area contributed by atoms with Gasteiger partial charge in [0, 0.05) is 31.2 Å². The number of hydrogen-bond donors (Lipinski definition) is 0. The Labute approximate surface area is 185 Å². The standard InChI is InChI=1S/C29H23NS/c1-2-4-21(5-3-1)30-25-13-12-22-24-14-18-8-9-20(18)16-27(24)31-29(22)28(25)23-11-10-17-6-7-19(17)15-26(23)30/h1-5,12-17H,6-11H2. The summed E-state index contributed by atoms with van der Waals surface area (Å²) >= 11 is 2.02. The smallest absolute Gasteiger partial charge is 0.0552 e. The maximum absolute atomic E-state index is 2.55. The molecule has 1 nitrogen and oxygen atoms in total. The van der Waals surface area contributed by atoms with Crippen molar-refractivity contribution >= 4 is 48.5 Å². The highest BCUT2D eigenvalue weighted by molar-refractivity contribution is 7.26. The van der Waals surface area contributed by atoms with Gasteiger partial charge in [0.15, 0.2) is 0 Å². The Morgan fingerprint density at radius 3 is 2.45 bits per heavy atom. The third kappa shape index (κ3) is 2.16. The number of thiophene rings is 1. The molecular formula is C29H23NS. The average Bonchev–Trinajstić information content (AvgIpc) is 3.24. The number of nitrogens with zero attached hydrogens (tertiary/aromatic N) is 1. The molecule has 3 aliphatic rings. The van der Waals surface area contributed by atoms with Crippen LogP contribution < -0.4 is 0 Å². The summed E-state index contributed by atoms with van der Waals surface area (Å²) < 4.78 is 5.50. The topological polar surface area (TPSA) is 4.93 Å². The quantitative estimate of drug-likeness (QED) is 0.262. The van der Waals surface area contributed by atoms with Crippen LogP contribution in [-0.4, -0.2) is 4.57 Å². The molecule has 8 rings (SSSR count). The summed E-state index contributed by atoms with van der Waals surface area (Å²) in [5.41, 5.74) is 10.5. The van der Waals surface area contributed by atoms with E-state index in [-0.39, 0.29) is 0 Å². The van der Waals surface area contributed by atoms with Gasteiger partial charge in [0.05, 0.1) is 11.2 Å². The number of allylic oxidation sites excluding steroid dienone is 1. The van der Waals surface area contributed by atoms with Crippen molar-refractivity contribution in [1.29, 1.82) is 0 Å². The molecule has 150 valence electrons. The number of para-hydroxylation sites is 1. The Hall–Kier alpha value is -2.84. The van der Waals surface area contributed by atoms with Crippen molar-refractivity contribution in [3.8, 4) is 5.69 Å². The summed E-state index contributed by atoms with van der Waals surface area (Å²) in [5.74, 6) is 0.813. The second-order valence-electron chi connectivity index (χ2n) is 9.58. The first kappa shape index (κ1) is 16.8. The van der Waals surface area contributed by atoms with Gasteiger partial charge >= 0.3 is 0 Å². The first-order valence-corrected chi connectivity index (χ1v) is 12.5. The second-order valence-corrected chi connectivity index (χ2v) is 10.6. The van der Waals surface area contributed by atoms with Gasteiger partial charge in [-0.1, -0.05) is 29.8 Å². The van der Waals surface area contributed by atoms with Crippen LogP contribution in [0.25, 0.3) is 42.8 Å². The highest BCUT2D eigenvalue weighted by atomic mass is 32.1. The third-order valence-corrected chi connectivity index (χ3v) is 9.27. The summed E-state index contributed by atoms with van der Waals surface area (Å²) in [6.45, 7) is 0. The summed E-state index contributed by atoms with van der Waals surface area (Å²) in [4.78, 5) is 0. The zero-order chi connectivity index (χ0) is 20.1. The van der Waals surface area contributed by atoms with Gasteiger partial charge in [0.2, 0.25) is 0 Å². The van der Waals surface area contributed by atoms with E-state index in [1.165, 1.54) is 81.0 Å². The van der Waals surface area contributed by atoms with Gasteiger partial charge in [-0.2, -0.15) is 0 Å². The number of benzene rings is 3. The zero-order valence-corrected chi connectivity index (χ0v) is 18.3. The van der Waals surface area contributed by atoms with Crippen LogP contribution in [0.3, 0.4) is 0 Å². The number of aryl methyl sites for hydroxylation is 3.